The molecule has 2 N–H and O–H groups in total. The van der Waals surface area contributed by atoms with Crippen molar-refractivity contribution in [3.8, 4) is 0 Å². The second kappa shape index (κ2) is 12.5. The lowest BCUT2D eigenvalue weighted by atomic mass is 10.0. The van der Waals surface area contributed by atoms with Gasteiger partial charge in [0.1, 0.15) is 5.82 Å². The number of nitrogens with one attached hydrogen (secondary N) is 2. The number of anilines is 1. The van der Waals surface area contributed by atoms with E-state index in [1.54, 1.807) is 42.5 Å². The molecule has 0 aliphatic heterocycles. The summed E-state index contributed by atoms with van der Waals surface area (Å²) in [6, 6.07) is 12.4. The predicted octanol–water partition coefficient (Wildman–Crippen LogP) is 5.50. The van der Waals surface area contributed by atoms with Gasteiger partial charge < -0.3 is 15.2 Å². The van der Waals surface area contributed by atoms with Crippen LogP contribution in [0.15, 0.2) is 66.3 Å². The van der Waals surface area contributed by atoms with Crippen molar-refractivity contribution in [2.45, 2.75) is 38.0 Å². The molecular formula is C25H27ClFN5O2S. The molecule has 1 atom stereocenters. The van der Waals surface area contributed by atoms with E-state index in [0.29, 0.717) is 34.5 Å². The molecule has 0 unspecified atom stereocenters. The molecule has 2 aromatic carbocycles. The molecule has 0 aliphatic carbocycles. The molecule has 7 nitrogen and oxygen atoms in total. The number of carbonyl (C=O) groups is 2. The number of amides is 2. The van der Waals surface area contributed by atoms with Crippen LogP contribution in [0.25, 0.3) is 0 Å². The molecule has 0 aliphatic rings. The highest BCUT2D eigenvalue weighted by atomic mass is 35.5. The minimum absolute atomic E-state index is 0.00440. The van der Waals surface area contributed by atoms with Gasteiger partial charge in [0.15, 0.2) is 11.0 Å². The van der Waals surface area contributed by atoms with Gasteiger partial charge in [-0.3, -0.25) is 9.59 Å². The van der Waals surface area contributed by atoms with Crippen molar-refractivity contribution in [1.82, 2.24) is 20.1 Å². The largest absolute Gasteiger partial charge is 0.342 e. The van der Waals surface area contributed by atoms with E-state index in [0.717, 1.165) is 0 Å². The van der Waals surface area contributed by atoms with Gasteiger partial charge in [-0.1, -0.05) is 67.6 Å². The number of halogens is 2. The van der Waals surface area contributed by atoms with Crippen molar-refractivity contribution in [3.05, 3.63) is 83.4 Å². The van der Waals surface area contributed by atoms with Crippen LogP contribution in [-0.2, 0) is 11.3 Å². The van der Waals surface area contributed by atoms with Crippen molar-refractivity contribution in [1.29, 1.82) is 0 Å². The molecule has 0 radical (unpaired) electrons. The third-order valence-corrected chi connectivity index (χ3v) is 6.28. The van der Waals surface area contributed by atoms with Crippen molar-refractivity contribution in [2.75, 3.05) is 11.1 Å². The first kappa shape index (κ1) is 26.4. The third-order valence-electron chi connectivity index (χ3n) is 4.98. The van der Waals surface area contributed by atoms with Crippen LogP contribution in [0.2, 0.25) is 5.02 Å². The molecule has 0 fully saturated rings. The highest BCUT2D eigenvalue weighted by Crippen LogP contribution is 2.26. The van der Waals surface area contributed by atoms with Crippen molar-refractivity contribution in [3.63, 3.8) is 0 Å². The second-order valence-corrected chi connectivity index (χ2v) is 9.54. The number of hydrogen-bond donors (Lipinski definition) is 2. The zero-order valence-corrected chi connectivity index (χ0v) is 21.1. The van der Waals surface area contributed by atoms with Crippen LogP contribution in [0.1, 0.15) is 42.5 Å². The standard InChI is InChI=1S/C25H27ClFN5O2S/c1-4-13-32-23(21(14-16(2)3)29-24(34)17-9-5-6-10-18(17)26)30-31-25(32)35-15-22(33)28-20-12-8-7-11-19(20)27/h4-12,16,21H,1,13-15H2,2-3H3,(H,28,33)(H,29,34)/t21-/m1/s1. The predicted molar refractivity (Wildman–Crippen MR) is 137 cm³/mol. The fourth-order valence-electron chi connectivity index (χ4n) is 3.43. The molecule has 0 bridgehead atoms. The van der Waals surface area contributed by atoms with E-state index in [1.807, 2.05) is 18.4 Å². The Balaban J connectivity index is 1.78. The monoisotopic (exact) mass is 515 g/mol. The maximum Gasteiger partial charge on any atom is 0.253 e. The minimum atomic E-state index is -0.506. The van der Waals surface area contributed by atoms with Gasteiger partial charge in [-0.25, -0.2) is 4.39 Å². The van der Waals surface area contributed by atoms with Crippen molar-refractivity contribution < 1.29 is 14.0 Å². The molecule has 0 saturated carbocycles. The molecular weight excluding hydrogens is 489 g/mol. The van der Waals surface area contributed by atoms with Crippen LogP contribution >= 0.6 is 23.4 Å². The topological polar surface area (TPSA) is 88.9 Å². The fourth-order valence-corrected chi connectivity index (χ4v) is 4.40. The lowest BCUT2D eigenvalue weighted by Gasteiger charge is -2.21. The molecule has 2 amide bonds. The molecule has 3 rings (SSSR count). The maximum atomic E-state index is 13.8. The van der Waals surface area contributed by atoms with Gasteiger partial charge in [-0.2, -0.15) is 0 Å². The summed E-state index contributed by atoms with van der Waals surface area (Å²) in [5.74, 6) is -0.383. The van der Waals surface area contributed by atoms with E-state index in [2.05, 4.69) is 27.4 Å². The Bertz CT molecular complexity index is 1200. The molecule has 35 heavy (non-hydrogen) atoms. The van der Waals surface area contributed by atoms with E-state index >= 15 is 0 Å². The summed E-state index contributed by atoms with van der Waals surface area (Å²) in [6.07, 6.45) is 2.31. The lowest BCUT2D eigenvalue weighted by Crippen LogP contribution is -2.32. The number of benzene rings is 2. The van der Waals surface area contributed by atoms with Crippen LogP contribution in [0.4, 0.5) is 10.1 Å². The zero-order chi connectivity index (χ0) is 25.4. The van der Waals surface area contributed by atoms with Gasteiger partial charge in [0.05, 0.1) is 28.1 Å². The lowest BCUT2D eigenvalue weighted by molar-refractivity contribution is -0.113. The number of hydrogen-bond acceptors (Lipinski definition) is 5. The Kier molecular flexibility index (Phi) is 9.45. The summed E-state index contributed by atoms with van der Waals surface area (Å²) >= 11 is 7.37. The first-order chi connectivity index (χ1) is 16.8. The number of para-hydroxylation sites is 1. The molecule has 1 heterocycles. The van der Waals surface area contributed by atoms with E-state index in [-0.39, 0.29) is 29.2 Å². The number of carbonyl (C=O) groups excluding carboxylic acids is 2. The summed E-state index contributed by atoms with van der Waals surface area (Å²) in [5, 5.41) is 15.0. The average molecular weight is 516 g/mol. The summed E-state index contributed by atoms with van der Waals surface area (Å²) < 4.78 is 15.6. The van der Waals surface area contributed by atoms with Gasteiger partial charge in [-0.15, -0.1) is 16.8 Å². The number of allylic oxidation sites excluding steroid dienone is 1. The SMILES string of the molecule is C=CCn1c(SCC(=O)Nc2ccccc2F)nnc1[C@@H](CC(C)C)NC(=O)c1ccccc1Cl. The first-order valence-corrected chi connectivity index (χ1v) is 12.4. The third kappa shape index (κ3) is 7.16. The summed E-state index contributed by atoms with van der Waals surface area (Å²) in [7, 11) is 0. The van der Waals surface area contributed by atoms with Crippen molar-refractivity contribution >= 4 is 40.9 Å². The van der Waals surface area contributed by atoms with Gasteiger partial charge in [-0.05, 0) is 36.6 Å². The van der Waals surface area contributed by atoms with Gasteiger partial charge >= 0.3 is 0 Å². The number of aromatic nitrogens is 3. The van der Waals surface area contributed by atoms with E-state index in [4.69, 9.17) is 11.6 Å². The quantitative estimate of drug-likeness (QED) is 0.260. The highest BCUT2D eigenvalue weighted by Gasteiger charge is 2.25. The molecule has 0 saturated heterocycles. The summed E-state index contributed by atoms with van der Waals surface area (Å²) in [6.45, 7) is 8.29. The average Bonchev–Trinajstić information content (AvgIpc) is 3.21. The van der Waals surface area contributed by atoms with E-state index in [9.17, 15) is 14.0 Å². The highest BCUT2D eigenvalue weighted by molar-refractivity contribution is 7.99. The Labute approximate surface area is 213 Å². The van der Waals surface area contributed by atoms with Crippen molar-refractivity contribution in [2.24, 2.45) is 5.92 Å². The van der Waals surface area contributed by atoms with E-state index in [1.165, 1.54) is 23.9 Å². The molecule has 184 valence electrons. The molecule has 3 aromatic rings. The van der Waals surface area contributed by atoms with Crippen LogP contribution < -0.4 is 10.6 Å². The normalized spacial score (nSPS) is 11.8. The molecule has 0 spiro atoms. The Morgan fingerprint density at radius 3 is 2.57 bits per heavy atom. The van der Waals surface area contributed by atoms with Gasteiger partial charge in [0.25, 0.3) is 5.91 Å². The Morgan fingerprint density at radius 1 is 1.17 bits per heavy atom. The first-order valence-electron chi connectivity index (χ1n) is 11.1. The zero-order valence-electron chi connectivity index (χ0n) is 19.5. The number of nitrogens with zero attached hydrogens (tertiary/aromatic N) is 3. The summed E-state index contributed by atoms with van der Waals surface area (Å²) in [4.78, 5) is 25.3. The van der Waals surface area contributed by atoms with E-state index < -0.39 is 11.9 Å². The summed E-state index contributed by atoms with van der Waals surface area (Å²) in [5.41, 5.74) is 0.489. The van der Waals surface area contributed by atoms with Crippen LogP contribution in [-0.4, -0.2) is 32.3 Å². The second-order valence-electron chi connectivity index (χ2n) is 8.19. The van der Waals surface area contributed by atoms with Gasteiger partial charge in [0, 0.05) is 6.54 Å². The van der Waals surface area contributed by atoms with Crippen LogP contribution in [0.3, 0.4) is 0 Å². The molecule has 10 heteroatoms. The molecule has 1 aromatic heterocycles. The number of rotatable bonds is 11. The Morgan fingerprint density at radius 2 is 1.89 bits per heavy atom. The van der Waals surface area contributed by atoms with Crippen LogP contribution in [0, 0.1) is 11.7 Å². The van der Waals surface area contributed by atoms with Gasteiger partial charge in [0.2, 0.25) is 5.91 Å². The smallest absolute Gasteiger partial charge is 0.253 e. The maximum absolute atomic E-state index is 13.8. The minimum Gasteiger partial charge on any atom is -0.342 e. The Hall–Kier alpha value is -3.17. The van der Waals surface area contributed by atoms with Crippen LogP contribution in [0.5, 0.6) is 0 Å². The fraction of sp³-hybridized carbons (Fsp3) is 0.280. The number of thioether (sulfide) groups is 1.